The lowest BCUT2D eigenvalue weighted by molar-refractivity contribution is -0.124. The van der Waals surface area contributed by atoms with Gasteiger partial charge in [0.15, 0.2) is 0 Å². The molecule has 1 fully saturated rings. The Bertz CT molecular complexity index is 1130. The maximum atomic E-state index is 13.6. The minimum Gasteiger partial charge on any atom is -0.465 e. The first-order chi connectivity index (χ1) is 17.3. The number of anilines is 2. The van der Waals surface area contributed by atoms with Crippen molar-refractivity contribution in [3.63, 3.8) is 0 Å². The number of esters is 1. The smallest absolute Gasteiger partial charge is 0.350 e. The van der Waals surface area contributed by atoms with Gasteiger partial charge in [0.05, 0.1) is 18.7 Å². The van der Waals surface area contributed by atoms with Crippen LogP contribution in [0.1, 0.15) is 56.1 Å². The number of methoxy groups -OCH3 is 1. The van der Waals surface area contributed by atoms with E-state index in [1.807, 2.05) is 55.7 Å². The zero-order chi connectivity index (χ0) is 25.8. The molecule has 1 aliphatic carbocycles. The number of nitrogens with one attached hydrogen (secondary N) is 1. The van der Waals surface area contributed by atoms with Gasteiger partial charge in [0.25, 0.3) is 0 Å². The number of amides is 2. The summed E-state index contributed by atoms with van der Waals surface area (Å²) in [5, 5.41) is 4.93. The Hall–Kier alpha value is -2.58. The molecule has 192 valence electrons. The maximum Gasteiger partial charge on any atom is 0.350 e. The number of carbonyl (C=O) groups excluding carboxylic acids is 3. The van der Waals surface area contributed by atoms with Gasteiger partial charge in [-0.25, -0.2) is 4.79 Å². The molecule has 0 radical (unpaired) electrons. The highest BCUT2D eigenvalue weighted by Crippen LogP contribution is 2.40. The highest BCUT2D eigenvalue weighted by Gasteiger charge is 2.33. The first kappa shape index (κ1) is 26.5. The van der Waals surface area contributed by atoms with E-state index in [2.05, 4.69) is 12.2 Å². The lowest BCUT2D eigenvalue weighted by atomic mass is 9.82. The van der Waals surface area contributed by atoms with E-state index in [9.17, 15) is 14.4 Å². The molecule has 0 saturated heterocycles. The quantitative estimate of drug-likeness (QED) is 0.412. The standard InChI is InChI=1S/C28H34N2O4S2/c1-17(2)30(27(32)20-7-5-18(3)6-8-20)23-15-24(36-25(23)28(33)34-4)19-9-11-22(12-10-19)29-26(31)21-13-14-35-16-21/h9-15,17-18,20-21H,5-8,16H2,1-4H3,(H,29,31). The molecule has 4 rings (SSSR count). The number of nitrogens with zero attached hydrogens (tertiary/aromatic N) is 1. The molecule has 2 aliphatic rings. The van der Waals surface area contributed by atoms with Gasteiger partial charge in [0.2, 0.25) is 11.8 Å². The molecule has 1 aromatic heterocycles. The van der Waals surface area contributed by atoms with Gasteiger partial charge in [-0.3, -0.25) is 9.59 Å². The molecule has 6 nitrogen and oxygen atoms in total. The second-order valence-electron chi connectivity index (χ2n) is 9.91. The molecule has 1 N–H and O–H groups in total. The van der Waals surface area contributed by atoms with E-state index in [0.29, 0.717) is 16.5 Å². The van der Waals surface area contributed by atoms with Crippen molar-refractivity contribution in [2.45, 2.75) is 52.5 Å². The van der Waals surface area contributed by atoms with Crippen molar-refractivity contribution in [1.82, 2.24) is 0 Å². The molecule has 1 saturated carbocycles. The Labute approximate surface area is 221 Å². The molecule has 1 aliphatic heterocycles. The summed E-state index contributed by atoms with van der Waals surface area (Å²) < 4.78 is 5.09. The van der Waals surface area contributed by atoms with Crippen molar-refractivity contribution in [3.05, 3.63) is 46.7 Å². The molecular formula is C28H34N2O4S2. The molecule has 2 heterocycles. The molecule has 1 unspecified atom stereocenters. The number of thioether (sulfide) groups is 1. The summed E-state index contributed by atoms with van der Waals surface area (Å²) in [5.41, 5.74) is 2.25. The Kier molecular flexibility index (Phi) is 8.57. The SMILES string of the molecule is COC(=O)c1sc(-c2ccc(NC(=O)C3C=CSC3)cc2)cc1N(C(=O)C1CCC(C)CC1)C(C)C. The largest absolute Gasteiger partial charge is 0.465 e. The number of thiophene rings is 1. The van der Waals surface area contributed by atoms with Gasteiger partial charge in [-0.2, -0.15) is 0 Å². The normalized spacial score (nSPS) is 21.4. The summed E-state index contributed by atoms with van der Waals surface area (Å²) in [7, 11) is 1.37. The molecule has 36 heavy (non-hydrogen) atoms. The van der Waals surface area contributed by atoms with E-state index < -0.39 is 5.97 Å². The van der Waals surface area contributed by atoms with Crippen LogP contribution < -0.4 is 10.2 Å². The minimum atomic E-state index is -0.441. The Morgan fingerprint density at radius 3 is 2.36 bits per heavy atom. The van der Waals surface area contributed by atoms with E-state index in [4.69, 9.17) is 4.74 Å². The predicted molar refractivity (Wildman–Crippen MR) is 149 cm³/mol. The fourth-order valence-electron chi connectivity index (χ4n) is 4.78. The Morgan fingerprint density at radius 1 is 1.08 bits per heavy atom. The zero-order valence-corrected chi connectivity index (χ0v) is 22.9. The average molecular weight is 527 g/mol. The van der Waals surface area contributed by atoms with E-state index in [0.717, 1.165) is 47.6 Å². The van der Waals surface area contributed by atoms with Gasteiger partial charge < -0.3 is 15.0 Å². The Morgan fingerprint density at radius 2 is 1.78 bits per heavy atom. The molecule has 2 aromatic rings. The third-order valence-electron chi connectivity index (χ3n) is 6.92. The number of carbonyl (C=O) groups is 3. The summed E-state index contributed by atoms with van der Waals surface area (Å²) >= 11 is 2.97. The van der Waals surface area contributed by atoms with Gasteiger partial charge in [0.1, 0.15) is 4.88 Å². The van der Waals surface area contributed by atoms with Crippen molar-refractivity contribution in [2.24, 2.45) is 17.8 Å². The summed E-state index contributed by atoms with van der Waals surface area (Å²) in [4.78, 5) is 41.9. The van der Waals surface area contributed by atoms with Gasteiger partial charge in [-0.15, -0.1) is 23.1 Å². The molecule has 8 heteroatoms. The van der Waals surface area contributed by atoms with Gasteiger partial charge in [0, 0.05) is 28.3 Å². The lowest BCUT2D eigenvalue weighted by Crippen LogP contribution is -2.42. The molecule has 0 spiro atoms. The van der Waals surface area contributed by atoms with Crippen LogP contribution in [0.15, 0.2) is 41.8 Å². The fraction of sp³-hybridized carbons (Fsp3) is 0.464. The lowest BCUT2D eigenvalue weighted by Gasteiger charge is -2.33. The van der Waals surface area contributed by atoms with Crippen molar-refractivity contribution < 1.29 is 19.1 Å². The van der Waals surface area contributed by atoms with Crippen LogP contribution in [0.25, 0.3) is 10.4 Å². The number of ether oxygens (including phenoxy) is 1. The van der Waals surface area contributed by atoms with E-state index in [1.165, 1.54) is 18.4 Å². The van der Waals surface area contributed by atoms with Crippen LogP contribution in [0.3, 0.4) is 0 Å². The first-order valence-electron chi connectivity index (χ1n) is 12.5. The van der Waals surface area contributed by atoms with Crippen LogP contribution in [0.4, 0.5) is 11.4 Å². The third kappa shape index (κ3) is 5.86. The Balaban J connectivity index is 1.60. The van der Waals surface area contributed by atoms with Crippen molar-refractivity contribution in [3.8, 4) is 10.4 Å². The number of benzene rings is 1. The highest BCUT2D eigenvalue weighted by molar-refractivity contribution is 8.02. The summed E-state index contributed by atoms with van der Waals surface area (Å²) in [6.07, 6.45) is 5.80. The van der Waals surface area contributed by atoms with Crippen LogP contribution in [-0.4, -0.2) is 36.7 Å². The zero-order valence-electron chi connectivity index (χ0n) is 21.3. The average Bonchev–Trinajstić information content (AvgIpc) is 3.55. The summed E-state index contributed by atoms with van der Waals surface area (Å²) in [5.74, 6) is 0.924. The van der Waals surface area contributed by atoms with E-state index >= 15 is 0 Å². The fourth-order valence-corrected chi connectivity index (χ4v) is 6.73. The van der Waals surface area contributed by atoms with Crippen LogP contribution in [0.5, 0.6) is 0 Å². The van der Waals surface area contributed by atoms with Crippen LogP contribution in [0.2, 0.25) is 0 Å². The van der Waals surface area contributed by atoms with Crippen molar-refractivity contribution in [2.75, 3.05) is 23.1 Å². The van der Waals surface area contributed by atoms with Crippen molar-refractivity contribution in [1.29, 1.82) is 0 Å². The topological polar surface area (TPSA) is 75.7 Å². The summed E-state index contributed by atoms with van der Waals surface area (Å²) in [6, 6.07) is 9.41. The molecular weight excluding hydrogens is 492 g/mol. The van der Waals surface area contributed by atoms with Crippen LogP contribution >= 0.6 is 23.1 Å². The molecule has 1 aromatic carbocycles. The van der Waals surface area contributed by atoms with Crippen LogP contribution in [-0.2, 0) is 14.3 Å². The second-order valence-corrected chi connectivity index (χ2v) is 11.9. The van der Waals surface area contributed by atoms with Gasteiger partial charge >= 0.3 is 5.97 Å². The summed E-state index contributed by atoms with van der Waals surface area (Å²) in [6.45, 7) is 6.21. The van der Waals surface area contributed by atoms with Gasteiger partial charge in [-0.05, 0) is 74.6 Å². The molecule has 0 bridgehead atoms. The second kappa shape index (κ2) is 11.6. The van der Waals surface area contributed by atoms with Crippen LogP contribution in [0, 0.1) is 17.8 Å². The maximum absolute atomic E-state index is 13.6. The monoisotopic (exact) mass is 526 g/mol. The van der Waals surface area contributed by atoms with E-state index in [-0.39, 0.29) is 29.7 Å². The van der Waals surface area contributed by atoms with Gasteiger partial charge in [-0.1, -0.05) is 25.1 Å². The molecule has 2 amide bonds. The number of rotatable bonds is 7. The predicted octanol–water partition coefficient (Wildman–Crippen LogP) is 6.58. The highest BCUT2D eigenvalue weighted by atomic mass is 32.2. The van der Waals surface area contributed by atoms with Crippen molar-refractivity contribution >= 4 is 52.3 Å². The number of hydrogen-bond donors (Lipinski definition) is 1. The third-order valence-corrected chi connectivity index (χ3v) is 8.97. The number of hydrogen-bond acceptors (Lipinski definition) is 6. The molecule has 1 atom stereocenters. The minimum absolute atomic E-state index is 0.0152. The van der Waals surface area contributed by atoms with E-state index in [1.54, 1.807) is 16.7 Å². The first-order valence-corrected chi connectivity index (χ1v) is 14.4.